The quantitative estimate of drug-likeness (QED) is 0.489. The second-order valence-corrected chi connectivity index (χ2v) is 12.2. The van der Waals surface area contributed by atoms with Gasteiger partial charge in [-0.25, -0.2) is 0 Å². The van der Waals surface area contributed by atoms with Gasteiger partial charge in [-0.3, -0.25) is 0 Å². The molecule has 0 aromatic rings. The highest BCUT2D eigenvalue weighted by Gasteiger charge is 2.58. The lowest BCUT2D eigenvalue weighted by atomic mass is 9.47. The summed E-state index contributed by atoms with van der Waals surface area (Å²) in [5.74, 6) is 5.63. The number of aliphatic hydroxyl groups is 1. The maximum Gasteiger partial charge on any atom is 0.0577 e. The SMILES string of the molecule is CC(C)[C@H](C)/C=C/[C@@H](C)[C@@H]1CC[C@H]2[C@@H]3CC=C4C[C@@H](O)CC[C@]4(C)[C@H]3CC[C@]21C. The average molecular weight is 399 g/mol. The molecule has 0 aliphatic heterocycles. The van der Waals surface area contributed by atoms with Gasteiger partial charge in [0.25, 0.3) is 0 Å². The lowest BCUT2D eigenvalue weighted by molar-refractivity contribution is -0.0540. The standard InChI is InChI=1S/C28H46O/c1-18(2)19(3)7-8-20(4)24-11-12-25-23-10-9-21-17-22(29)13-15-27(21,5)26(23)14-16-28(24,25)6/h7-9,18-20,22-26,29H,10-17H2,1-6H3/b8-7+/t19-,20-,22+,23+,24+,25+,26+,27+,28+/m1/s1. The third-order valence-electron chi connectivity index (χ3n) is 10.6. The molecule has 4 aliphatic rings. The van der Waals surface area contributed by atoms with Crippen molar-refractivity contribution in [1.29, 1.82) is 0 Å². The third-order valence-corrected chi connectivity index (χ3v) is 10.6. The molecule has 29 heavy (non-hydrogen) atoms. The van der Waals surface area contributed by atoms with Crippen molar-refractivity contribution >= 4 is 0 Å². The van der Waals surface area contributed by atoms with Gasteiger partial charge in [-0.2, -0.15) is 0 Å². The van der Waals surface area contributed by atoms with Gasteiger partial charge < -0.3 is 5.11 Å². The summed E-state index contributed by atoms with van der Waals surface area (Å²) in [5, 5.41) is 10.2. The van der Waals surface area contributed by atoms with Gasteiger partial charge in [-0.05, 0) is 104 Å². The molecule has 0 aromatic carbocycles. The largest absolute Gasteiger partial charge is 0.393 e. The number of aliphatic hydroxyl groups excluding tert-OH is 1. The minimum Gasteiger partial charge on any atom is -0.393 e. The molecule has 0 spiro atoms. The number of allylic oxidation sites excluding steroid dienone is 3. The fourth-order valence-corrected chi connectivity index (χ4v) is 8.25. The zero-order valence-electron chi connectivity index (χ0n) is 20.0. The van der Waals surface area contributed by atoms with Gasteiger partial charge >= 0.3 is 0 Å². The van der Waals surface area contributed by atoms with Gasteiger partial charge in [0.1, 0.15) is 0 Å². The van der Waals surface area contributed by atoms with Gasteiger partial charge in [-0.15, -0.1) is 0 Å². The molecule has 1 heteroatoms. The van der Waals surface area contributed by atoms with E-state index in [-0.39, 0.29) is 6.10 Å². The molecule has 0 unspecified atom stereocenters. The zero-order chi connectivity index (χ0) is 21.0. The van der Waals surface area contributed by atoms with E-state index in [1.54, 1.807) is 5.57 Å². The van der Waals surface area contributed by atoms with E-state index >= 15 is 0 Å². The highest BCUT2D eigenvalue weighted by Crippen LogP contribution is 2.67. The van der Waals surface area contributed by atoms with Crippen LogP contribution in [0.4, 0.5) is 0 Å². The smallest absolute Gasteiger partial charge is 0.0577 e. The Morgan fingerprint density at radius 1 is 0.966 bits per heavy atom. The van der Waals surface area contributed by atoms with E-state index in [9.17, 15) is 5.11 Å². The van der Waals surface area contributed by atoms with E-state index in [1.807, 2.05) is 0 Å². The Morgan fingerprint density at radius 2 is 1.72 bits per heavy atom. The molecular formula is C28H46O. The predicted octanol–water partition coefficient (Wildman–Crippen LogP) is 7.41. The fourth-order valence-electron chi connectivity index (χ4n) is 8.25. The van der Waals surface area contributed by atoms with Crippen molar-refractivity contribution in [2.24, 2.45) is 52.3 Å². The fraction of sp³-hybridized carbons (Fsp3) is 0.857. The van der Waals surface area contributed by atoms with Crippen LogP contribution in [-0.4, -0.2) is 11.2 Å². The maximum atomic E-state index is 10.2. The van der Waals surface area contributed by atoms with Crippen molar-refractivity contribution in [3.05, 3.63) is 23.8 Å². The van der Waals surface area contributed by atoms with Crippen LogP contribution in [0.15, 0.2) is 23.8 Å². The monoisotopic (exact) mass is 398 g/mol. The first kappa shape index (κ1) is 21.7. The Morgan fingerprint density at radius 3 is 2.45 bits per heavy atom. The molecule has 1 N–H and O–H groups in total. The van der Waals surface area contributed by atoms with Crippen molar-refractivity contribution < 1.29 is 5.11 Å². The first-order valence-corrected chi connectivity index (χ1v) is 12.7. The van der Waals surface area contributed by atoms with Crippen LogP contribution in [-0.2, 0) is 0 Å². The van der Waals surface area contributed by atoms with Gasteiger partial charge in [0.05, 0.1) is 6.10 Å². The summed E-state index contributed by atoms with van der Waals surface area (Å²) in [6, 6.07) is 0. The van der Waals surface area contributed by atoms with Crippen molar-refractivity contribution in [2.45, 2.75) is 99.0 Å². The maximum absolute atomic E-state index is 10.2. The number of fused-ring (bicyclic) bond motifs is 5. The molecule has 0 saturated heterocycles. The molecule has 3 fully saturated rings. The van der Waals surface area contributed by atoms with E-state index in [0.717, 1.165) is 42.4 Å². The topological polar surface area (TPSA) is 20.2 Å². The average Bonchev–Trinajstić information content (AvgIpc) is 3.03. The normalized spacial score (nSPS) is 46.8. The van der Waals surface area contributed by atoms with Crippen LogP contribution >= 0.6 is 0 Å². The highest BCUT2D eigenvalue weighted by atomic mass is 16.3. The second kappa shape index (κ2) is 7.85. The van der Waals surface area contributed by atoms with E-state index in [2.05, 4.69) is 59.8 Å². The van der Waals surface area contributed by atoms with E-state index in [4.69, 9.17) is 0 Å². The summed E-state index contributed by atoms with van der Waals surface area (Å²) in [5.41, 5.74) is 2.51. The van der Waals surface area contributed by atoms with E-state index in [1.165, 1.54) is 38.5 Å². The summed E-state index contributed by atoms with van der Waals surface area (Å²) in [4.78, 5) is 0. The summed E-state index contributed by atoms with van der Waals surface area (Å²) in [6.07, 6.45) is 17.7. The Hall–Kier alpha value is -0.560. The van der Waals surface area contributed by atoms with Crippen LogP contribution in [0, 0.1) is 52.3 Å². The molecule has 0 aromatic heterocycles. The minimum absolute atomic E-state index is 0.0866. The summed E-state index contributed by atoms with van der Waals surface area (Å²) in [6.45, 7) is 14.7. The Kier molecular flexibility index (Phi) is 5.86. The first-order valence-electron chi connectivity index (χ1n) is 12.7. The van der Waals surface area contributed by atoms with E-state index < -0.39 is 0 Å². The molecule has 0 bridgehead atoms. The summed E-state index contributed by atoms with van der Waals surface area (Å²) >= 11 is 0. The van der Waals surface area contributed by atoms with Crippen LogP contribution < -0.4 is 0 Å². The number of hydrogen-bond donors (Lipinski definition) is 1. The van der Waals surface area contributed by atoms with Crippen LogP contribution in [0.1, 0.15) is 92.9 Å². The molecule has 0 amide bonds. The van der Waals surface area contributed by atoms with Crippen LogP contribution in [0.2, 0.25) is 0 Å². The Bertz CT molecular complexity index is 659. The third kappa shape index (κ3) is 3.58. The molecule has 3 saturated carbocycles. The predicted molar refractivity (Wildman–Crippen MR) is 124 cm³/mol. The Labute approximate surface area is 180 Å². The molecule has 9 atom stereocenters. The van der Waals surface area contributed by atoms with Crippen LogP contribution in [0.25, 0.3) is 0 Å². The van der Waals surface area contributed by atoms with Gasteiger partial charge in [0.2, 0.25) is 0 Å². The lowest BCUT2D eigenvalue weighted by Crippen LogP contribution is -2.50. The lowest BCUT2D eigenvalue weighted by Gasteiger charge is -2.58. The zero-order valence-corrected chi connectivity index (χ0v) is 20.0. The van der Waals surface area contributed by atoms with Crippen LogP contribution in [0.3, 0.4) is 0 Å². The molecule has 1 nitrogen and oxygen atoms in total. The van der Waals surface area contributed by atoms with Gasteiger partial charge in [0, 0.05) is 0 Å². The van der Waals surface area contributed by atoms with Gasteiger partial charge in [0.15, 0.2) is 0 Å². The molecule has 4 aliphatic carbocycles. The number of hydrogen-bond acceptors (Lipinski definition) is 1. The Balaban J connectivity index is 1.53. The molecule has 164 valence electrons. The molecule has 4 rings (SSSR count). The molecule has 0 heterocycles. The van der Waals surface area contributed by atoms with Crippen LogP contribution in [0.5, 0.6) is 0 Å². The highest BCUT2D eigenvalue weighted by molar-refractivity contribution is 5.25. The summed E-state index contributed by atoms with van der Waals surface area (Å²) < 4.78 is 0. The molecule has 0 radical (unpaired) electrons. The van der Waals surface area contributed by atoms with Crippen molar-refractivity contribution in [1.82, 2.24) is 0 Å². The van der Waals surface area contributed by atoms with E-state index in [0.29, 0.717) is 22.7 Å². The van der Waals surface area contributed by atoms with Crippen molar-refractivity contribution in [3.8, 4) is 0 Å². The van der Waals surface area contributed by atoms with Crippen molar-refractivity contribution in [3.63, 3.8) is 0 Å². The van der Waals surface area contributed by atoms with Crippen molar-refractivity contribution in [2.75, 3.05) is 0 Å². The first-order chi connectivity index (χ1) is 13.7. The van der Waals surface area contributed by atoms with Gasteiger partial charge in [-0.1, -0.05) is 65.3 Å². The molecular weight excluding hydrogens is 352 g/mol. The minimum atomic E-state index is -0.0866. The number of rotatable bonds is 4. The summed E-state index contributed by atoms with van der Waals surface area (Å²) in [7, 11) is 0. The second-order valence-electron chi connectivity index (χ2n) is 12.2.